The van der Waals surface area contributed by atoms with Crippen molar-refractivity contribution < 1.29 is 23.9 Å². The molecule has 2 unspecified atom stereocenters. The predicted molar refractivity (Wildman–Crippen MR) is 125 cm³/mol. The second kappa shape index (κ2) is 10.5. The molecule has 4 rings (SSSR count). The van der Waals surface area contributed by atoms with E-state index >= 15 is 0 Å². The smallest absolute Gasteiger partial charge is 0.325 e. The quantitative estimate of drug-likeness (QED) is 0.558. The lowest BCUT2D eigenvalue weighted by atomic mass is 9.86. The Kier molecular flexibility index (Phi) is 7.22. The number of esters is 1. The first-order valence-electron chi connectivity index (χ1n) is 11.3. The van der Waals surface area contributed by atoms with Gasteiger partial charge in [-0.3, -0.25) is 19.2 Å². The van der Waals surface area contributed by atoms with Gasteiger partial charge in [-0.15, -0.1) is 0 Å². The molecule has 1 saturated heterocycles. The van der Waals surface area contributed by atoms with Crippen molar-refractivity contribution in [3.8, 4) is 0 Å². The highest BCUT2D eigenvalue weighted by atomic mass is 16.5. The Balaban J connectivity index is 1.82. The number of methoxy groups -OCH3 is 1. The van der Waals surface area contributed by atoms with Gasteiger partial charge in [0.15, 0.2) is 0 Å². The lowest BCUT2D eigenvalue weighted by Gasteiger charge is -2.40. The first-order valence-corrected chi connectivity index (χ1v) is 11.3. The maximum atomic E-state index is 14.0. The van der Waals surface area contributed by atoms with E-state index in [1.54, 1.807) is 48.5 Å². The van der Waals surface area contributed by atoms with Crippen LogP contribution in [0.2, 0.25) is 0 Å². The van der Waals surface area contributed by atoms with E-state index in [0.29, 0.717) is 42.7 Å². The van der Waals surface area contributed by atoms with Crippen LogP contribution in [-0.4, -0.2) is 61.4 Å². The van der Waals surface area contributed by atoms with E-state index in [1.807, 2.05) is 6.07 Å². The minimum Gasteiger partial charge on any atom is -0.468 e. The van der Waals surface area contributed by atoms with Gasteiger partial charge >= 0.3 is 5.97 Å². The van der Waals surface area contributed by atoms with Crippen molar-refractivity contribution in [3.05, 3.63) is 65.7 Å². The molecule has 2 aliphatic heterocycles. The number of rotatable bonds is 6. The summed E-state index contributed by atoms with van der Waals surface area (Å²) in [6, 6.07) is 13.8. The van der Waals surface area contributed by atoms with Crippen LogP contribution in [0.5, 0.6) is 0 Å². The Morgan fingerprint density at radius 3 is 2.44 bits per heavy atom. The number of carbonyl (C=O) groups excluding carboxylic acids is 4. The van der Waals surface area contributed by atoms with Crippen molar-refractivity contribution in [2.45, 2.75) is 24.9 Å². The Morgan fingerprint density at radius 2 is 1.74 bits per heavy atom. The number of anilines is 1. The van der Waals surface area contributed by atoms with Crippen molar-refractivity contribution in [1.29, 1.82) is 0 Å². The first-order chi connectivity index (χ1) is 16.5. The van der Waals surface area contributed by atoms with Crippen molar-refractivity contribution in [2.75, 3.05) is 32.1 Å². The van der Waals surface area contributed by atoms with E-state index in [2.05, 4.69) is 20.7 Å². The molecule has 3 N–H and O–H groups in total. The minimum atomic E-state index is -1.02. The molecule has 2 aliphatic rings. The highest BCUT2D eigenvalue weighted by Crippen LogP contribution is 2.36. The number of nitrogens with one attached hydrogen (secondary N) is 3. The van der Waals surface area contributed by atoms with Gasteiger partial charge in [0.1, 0.15) is 18.6 Å². The fourth-order valence-corrected chi connectivity index (χ4v) is 4.66. The van der Waals surface area contributed by atoms with Crippen LogP contribution in [0, 0.1) is 5.92 Å². The number of benzene rings is 2. The molecule has 34 heavy (non-hydrogen) atoms. The number of ether oxygens (including phenoxy) is 1. The average Bonchev–Trinajstić information content (AvgIpc) is 2.98. The van der Waals surface area contributed by atoms with Crippen LogP contribution in [0.25, 0.3) is 0 Å². The summed E-state index contributed by atoms with van der Waals surface area (Å²) in [5.41, 5.74) is 1.31. The van der Waals surface area contributed by atoms with E-state index in [-0.39, 0.29) is 12.5 Å². The summed E-state index contributed by atoms with van der Waals surface area (Å²) in [5, 5.41) is 8.76. The molecule has 1 fully saturated rings. The molecule has 0 saturated carbocycles. The number of piperidine rings is 1. The summed E-state index contributed by atoms with van der Waals surface area (Å²) in [5.74, 6) is -2.10. The van der Waals surface area contributed by atoms with Gasteiger partial charge < -0.3 is 25.6 Å². The fraction of sp³-hybridized carbons (Fsp3) is 0.360. The van der Waals surface area contributed by atoms with Gasteiger partial charge in [0.25, 0.3) is 11.8 Å². The van der Waals surface area contributed by atoms with Gasteiger partial charge in [0, 0.05) is 0 Å². The largest absolute Gasteiger partial charge is 0.468 e. The SMILES string of the molecule is COC(=O)CNC(=O)C(C1CCNCC1)N1C(=O)c2ccccc2NC(=O)C1c1ccccc1. The molecule has 2 aromatic rings. The number of carbonyl (C=O) groups is 4. The average molecular weight is 465 g/mol. The van der Waals surface area contributed by atoms with E-state index < -0.39 is 35.8 Å². The van der Waals surface area contributed by atoms with Crippen LogP contribution < -0.4 is 16.0 Å². The van der Waals surface area contributed by atoms with Gasteiger partial charge in [0.2, 0.25) is 5.91 Å². The Morgan fingerprint density at radius 1 is 1.06 bits per heavy atom. The standard InChI is InChI=1S/C25H28N4O5/c1-34-20(30)15-27-23(31)21(17-11-13-26-14-12-17)29-22(16-7-3-2-4-8-16)24(32)28-19-10-6-5-9-18(19)25(29)33/h2-10,17,21-22,26H,11-15H2,1H3,(H,27,31)(H,28,32). The molecule has 9 heteroatoms. The molecule has 0 aliphatic carbocycles. The molecule has 2 aromatic carbocycles. The molecule has 0 radical (unpaired) electrons. The van der Waals surface area contributed by atoms with Crippen molar-refractivity contribution in [1.82, 2.24) is 15.5 Å². The number of hydrogen-bond donors (Lipinski definition) is 3. The second-order valence-corrected chi connectivity index (χ2v) is 8.39. The Labute approximate surface area is 197 Å². The number of para-hydroxylation sites is 1. The third-order valence-electron chi connectivity index (χ3n) is 6.32. The first kappa shape index (κ1) is 23.4. The van der Waals surface area contributed by atoms with E-state index in [0.717, 1.165) is 0 Å². The van der Waals surface area contributed by atoms with Gasteiger partial charge in [-0.05, 0) is 49.5 Å². The topological polar surface area (TPSA) is 117 Å². The molecule has 0 spiro atoms. The Bertz CT molecular complexity index is 1070. The zero-order chi connectivity index (χ0) is 24.1. The number of fused-ring (bicyclic) bond motifs is 1. The summed E-state index contributed by atoms with van der Waals surface area (Å²) < 4.78 is 4.66. The third kappa shape index (κ3) is 4.79. The predicted octanol–water partition coefficient (Wildman–Crippen LogP) is 1.48. The zero-order valence-corrected chi connectivity index (χ0v) is 19.0. The molecule has 178 valence electrons. The monoisotopic (exact) mass is 464 g/mol. The Hall–Kier alpha value is -3.72. The lowest BCUT2D eigenvalue weighted by molar-refractivity contribution is -0.142. The molecule has 9 nitrogen and oxygen atoms in total. The normalized spacial score (nSPS) is 19.4. The number of nitrogens with zero attached hydrogens (tertiary/aromatic N) is 1. The van der Waals surface area contributed by atoms with Crippen molar-refractivity contribution in [2.24, 2.45) is 5.92 Å². The summed E-state index contributed by atoms with van der Waals surface area (Å²) in [7, 11) is 1.24. The van der Waals surface area contributed by atoms with Crippen LogP contribution in [0.1, 0.15) is 34.8 Å². The summed E-state index contributed by atoms with van der Waals surface area (Å²) in [6.45, 7) is 1.05. The van der Waals surface area contributed by atoms with Crippen LogP contribution in [0.15, 0.2) is 54.6 Å². The van der Waals surface area contributed by atoms with Crippen LogP contribution in [0.3, 0.4) is 0 Å². The van der Waals surface area contributed by atoms with E-state index in [4.69, 9.17) is 0 Å². The molecule has 3 amide bonds. The third-order valence-corrected chi connectivity index (χ3v) is 6.32. The van der Waals surface area contributed by atoms with Gasteiger partial charge in [0.05, 0.1) is 18.4 Å². The molecule has 2 heterocycles. The minimum absolute atomic E-state index is 0.202. The summed E-state index contributed by atoms with van der Waals surface area (Å²) in [4.78, 5) is 54.2. The van der Waals surface area contributed by atoms with Crippen LogP contribution in [0.4, 0.5) is 5.69 Å². The number of amides is 3. The molecule has 0 aromatic heterocycles. The summed E-state index contributed by atoms with van der Waals surface area (Å²) in [6.07, 6.45) is 1.29. The van der Waals surface area contributed by atoms with E-state index in [9.17, 15) is 19.2 Å². The van der Waals surface area contributed by atoms with E-state index in [1.165, 1.54) is 12.0 Å². The van der Waals surface area contributed by atoms with Crippen molar-refractivity contribution >= 4 is 29.4 Å². The van der Waals surface area contributed by atoms with Crippen LogP contribution >= 0.6 is 0 Å². The molecule has 0 bridgehead atoms. The van der Waals surface area contributed by atoms with Gasteiger partial charge in [-0.2, -0.15) is 0 Å². The highest BCUT2D eigenvalue weighted by molar-refractivity contribution is 6.11. The van der Waals surface area contributed by atoms with Crippen LogP contribution in [-0.2, 0) is 19.1 Å². The molecule has 2 atom stereocenters. The highest BCUT2D eigenvalue weighted by Gasteiger charge is 2.46. The van der Waals surface area contributed by atoms with Gasteiger partial charge in [-0.25, -0.2) is 0 Å². The fourth-order valence-electron chi connectivity index (χ4n) is 4.66. The zero-order valence-electron chi connectivity index (χ0n) is 19.0. The maximum Gasteiger partial charge on any atom is 0.325 e. The molecular formula is C25H28N4O5. The van der Waals surface area contributed by atoms with Gasteiger partial charge in [-0.1, -0.05) is 42.5 Å². The number of hydrogen-bond acceptors (Lipinski definition) is 6. The maximum absolute atomic E-state index is 14.0. The molecular weight excluding hydrogens is 436 g/mol. The summed E-state index contributed by atoms with van der Waals surface area (Å²) >= 11 is 0. The van der Waals surface area contributed by atoms with Crippen molar-refractivity contribution in [3.63, 3.8) is 0 Å². The lowest BCUT2D eigenvalue weighted by Crippen LogP contribution is -2.57. The second-order valence-electron chi connectivity index (χ2n) is 8.39.